The van der Waals surface area contributed by atoms with Crippen molar-refractivity contribution < 1.29 is 42.4 Å². The number of ether oxygens (including phenoxy) is 7. The lowest BCUT2D eigenvalue weighted by molar-refractivity contribution is -0.145. The molecule has 0 amide bonds. The molecule has 0 aliphatic carbocycles. The van der Waals surface area contributed by atoms with Crippen molar-refractivity contribution in [3.05, 3.63) is 60.7 Å². The second-order valence-electron chi connectivity index (χ2n) is 12.6. The molecule has 0 aliphatic rings. The van der Waals surface area contributed by atoms with Crippen molar-refractivity contribution in [3.8, 4) is 0 Å². The molecule has 0 saturated carbocycles. The molecule has 2 aromatic carbocycles. The van der Waals surface area contributed by atoms with Gasteiger partial charge >= 0.3 is 5.97 Å². The minimum atomic E-state index is -2.54. The molecular weight excluding hydrogens is 628 g/mol. The van der Waals surface area contributed by atoms with E-state index in [-0.39, 0.29) is 17.6 Å². The van der Waals surface area contributed by atoms with E-state index in [4.69, 9.17) is 37.6 Å². The van der Waals surface area contributed by atoms with Gasteiger partial charge in [-0.3, -0.25) is 4.79 Å². The zero-order valence-electron chi connectivity index (χ0n) is 30.1. The van der Waals surface area contributed by atoms with Gasteiger partial charge in [0.15, 0.2) is 0 Å². The van der Waals surface area contributed by atoms with Gasteiger partial charge in [-0.05, 0) is 21.8 Å². The lowest BCUT2D eigenvalue weighted by Gasteiger charge is -2.43. The van der Waals surface area contributed by atoms with E-state index in [9.17, 15) is 4.79 Å². The van der Waals surface area contributed by atoms with E-state index < -0.39 is 8.32 Å². The molecule has 48 heavy (non-hydrogen) atoms. The molecule has 9 nitrogen and oxygen atoms in total. The van der Waals surface area contributed by atoms with Crippen LogP contribution in [0.15, 0.2) is 60.7 Å². The predicted molar refractivity (Wildman–Crippen MR) is 193 cm³/mol. The van der Waals surface area contributed by atoms with Gasteiger partial charge < -0.3 is 37.6 Å². The highest BCUT2D eigenvalue weighted by atomic mass is 28.4. The van der Waals surface area contributed by atoms with Crippen molar-refractivity contribution >= 4 is 24.7 Å². The highest BCUT2D eigenvalue weighted by Gasteiger charge is 2.50. The minimum absolute atomic E-state index is 0.0551. The summed E-state index contributed by atoms with van der Waals surface area (Å²) in [6.07, 6.45) is 6.09. The Bertz CT molecular complexity index is 994. The highest BCUT2D eigenvalue weighted by molar-refractivity contribution is 6.99. The van der Waals surface area contributed by atoms with Crippen LogP contribution in [-0.4, -0.2) is 107 Å². The quantitative estimate of drug-likeness (QED) is 0.0594. The van der Waals surface area contributed by atoms with Crippen LogP contribution in [0, 0.1) is 0 Å². The van der Waals surface area contributed by atoms with E-state index >= 15 is 0 Å². The first-order valence-corrected chi connectivity index (χ1v) is 19.7. The van der Waals surface area contributed by atoms with Gasteiger partial charge in [-0.25, -0.2) is 0 Å². The summed E-state index contributed by atoms with van der Waals surface area (Å²) in [5.41, 5.74) is 0. The van der Waals surface area contributed by atoms with Crippen molar-refractivity contribution in [3.63, 3.8) is 0 Å². The summed E-state index contributed by atoms with van der Waals surface area (Å²) in [6.45, 7) is 15.6. The third kappa shape index (κ3) is 17.5. The Kier molecular flexibility index (Phi) is 23.4. The molecule has 0 aromatic heterocycles. The van der Waals surface area contributed by atoms with Gasteiger partial charge in [0.05, 0.1) is 85.9 Å². The predicted octanol–water partition coefficient (Wildman–Crippen LogP) is 5.57. The van der Waals surface area contributed by atoms with Gasteiger partial charge in [0.2, 0.25) is 0 Å². The van der Waals surface area contributed by atoms with Crippen LogP contribution in [0.1, 0.15) is 66.2 Å². The van der Waals surface area contributed by atoms with Crippen LogP contribution in [0.25, 0.3) is 0 Å². The second-order valence-corrected chi connectivity index (χ2v) is 16.9. The van der Waals surface area contributed by atoms with Gasteiger partial charge in [-0.2, -0.15) is 0 Å². The maximum atomic E-state index is 11.6. The van der Waals surface area contributed by atoms with Crippen molar-refractivity contribution in [1.29, 1.82) is 0 Å². The minimum Gasteiger partial charge on any atom is -0.463 e. The maximum absolute atomic E-state index is 11.6. The van der Waals surface area contributed by atoms with Crippen molar-refractivity contribution in [2.24, 2.45) is 0 Å². The van der Waals surface area contributed by atoms with Crippen LogP contribution in [-0.2, 0) is 42.4 Å². The molecule has 0 bridgehead atoms. The Hall–Kier alpha value is -2.15. The van der Waals surface area contributed by atoms with Gasteiger partial charge in [-0.15, -0.1) is 0 Å². The molecule has 0 unspecified atom stereocenters. The summed E-state index contributed by atoms with van der Waals surface area (Å²) < 4.78 is 45.5. The molecule has 2 rings (SSSR count). The van der Waals surface area contributed by atoms with Crippen molar-refractivity contribution in [1.82, 2.24) is 0 Å². The largest absolute Gasteiger partial charge is 0.463 e. The zero-order valence-corrected chi connectivity index (χ0v) is 31.1. The molecule has 10 heteroatoms. The molecule has 0 N–H and O–H groups in total. The van der Waals surface area contributed by atoms with Gasteiger partial charge in [0.25, 0.3) is 8.32 Å². The molecule has 0 saturated heterocycles. The molecule has 0 heterocycles. The maximum Gasteiger partial charge on any atom is 0.305 e. The Morgan fingerprint density at radius 2 is 0.896 bits per heavy atom. The molecule has 0 radical (unpaired) electrons. The van der Waals surface area contributed by atoms with Crippen molar-refractivity contribution in [2.75, 3.05) is 92.5 Å². The average Bonchev–Trinajstić information content (AvgIpc) is 3.09. The number of unbranched alkanes of at least 4 members (excludes halogenated alkanes) is 4. The van der Waals surface area contributed by atoms with Crippen LogP contribution < -0.4 is 10.4 Å². The first kappa shape index (κ1) is 42.0. The van der Waals surface area contributed by atoms with E-state index in [0.717, 1.165) is 12.8 Å². The van der Waals surface area contributed by atoms with Gasteiger partial charge in [-0.1, -0.05) is 114 Å². The number of carbonyl (C=O) groups excluding carboxylic acids is 1. The molecular formula is C38H62O9Si. The molecule has 272 valence electrons. The highest BCUT2D eigenvalue weighted by Crippen LogP contribution is 2.36. The number of hydrogen-bond acceptors (Lipinski definition) is 9. The monoisotopic (exact) mass is 690 g/mol. The van der Waals surface area contributed by atoms with Gasteiger partial charge in [0, 0.05) is 6.42 Å². The third-order valence-electron chi connectivity index (χ3n) is 7.80. The number of esters is 1. The topological polar surface area (TPSA) is 90.9 Å². The summed E-state index contributed by atoms with van der Waals surface area (Å²) in [5, 5.41) is 2.48. The summed E-state index contributed by atoms with van der Waals surface area (Å²) in [5.74, 6) is -0.144. The number of rotatable bonds is 30. The zero-order chi connectivity index (χ0) is 34.6. The molecule has 0 aliphatic heterocycles. The van der Waals surface area contributed by atoms with Crippen LogP contribution in [0.2, 0.25) is 5.04 Å². The fraction of sp³-hybridized carbons (Fsp3) is 0.658. The smallest absolute Gasteiger partial charge is 0.305 e. The van der Waals surface area contributed by atoms with E-state index in [0.29, 0.717) is 92.3 Å². The lowest BCUT2D eigenvalue weighted by Crippen LogP contribution is -2.66. The molecule has 2 aromatic rings. The van der Waals surface area contributed by atoms with Gasteiger partial charge in [0.1, 0.15) is 6.61 Å². The first-order chi connectivity index (χ1) is 23.4. The fourth-order valence-electron chi connectivity index (χ4n) is 5.38. The standard InChI is InChI=1S/C38H62O9Si/c1-5-6-7-8-15-20-37(39)46-33-31-44-29-27-42-25-23-40-21-22-41-24-26-43-28-30-45-32-34-47-48(38(2,3)4,35-16-11-9-12-17-35)36-18-13-10-14-19-36/h9-14,16-19H,5-8,15,20-34H2,1-4H3. The van der Waals surface area contributed by atoms with E-state index in [2.05, 4.69) is 88.4 Å². The third-order valence-corrected chi connectivity index (χ3v) is 12.8. The Morgan fingerprint density at radius 3 is 1.29 bits per heavy atom. The summed E-state index contributed by atoms with van der Waals surface area (Å²) in [4.78, 5) is 11.6. The average molecular weight is 691 g/mol. The molecule has 0 spiro atoms. The Labute approximate surface area is 291 Å². The number of hydrogen-bond donors (Lipinski definition) is 0. The van der Waals surface area contributed by atoms with Crippen LogP contribution in [0.4, 0.5) is 0 Å². The number of carbonyl (C=O) groups is 1. The summed E-state index contributed by atoms with van der Waals surface area (Å²) in [6, 6.07) is 21.3. The molecule has 0 fully saturated rings. The van der Waals surface area contributed by atoms with Crippen LogP contribution in [0.5, 0.6) is 0 Å². The lowest BCUT2D eigenvalue weighted by atomic mass is 10.1. The Morgan fingerprint density at radius 1 is 0.521 bits per heavy atom. The van der Waals surface area contributed by atoms with Crippen molar-refractivity contribution in [2.45, 2.75) is 71.3 Å². The summed E-state index contributed by atoms with van der Waals surface area (Å²) in [7, 11) is -2.54. The fourth-order valence-corrected chi connectivity index (χ4v) is 9.92. The molecule has 0 atom stereocenters. The normalized spacial score (nSPS) is 12.0. The summed E-state index contributed by atoms with van der Waals surface area (Å²) >= 11 is 0. The van der Waals surface area contributed by atoms with Crippen LogP contribution in [0.3, 0.4) is 0 Å². The number of benzene rings is 2. The SMILES string of the molecule is CCCCCCCC(=O)OCCOCCOCCOCCOCCOCCOCCO[Si](c1ccccc1)(c1ccccc1)C(C)(C)C. The van der Waals surface area contributed by atoms with E-state index in [1.807, 2.05) is 0 Å². The van der Waals surface area contributed by atoms with E-state index in [1.165, 1.54) is 29.6 Å². The Balaban J connectivity index is 1.39. The van der Waals surface area contributed by atoms with Crippen LogP contribution >= 0.6 is 0 Å². The first-order valence-electron chi connectivity index (χ1n) is 17.8. The second kappa shape index (κ2) is 26.7. The van der Waals surface area contributed by atoms with E-state index in [1.54, 1.807) is 0 Å².